The van der Waals surface area contributed by atoms with E-state index in [0.717, 1.165) is 16.9 Å². The molecule has 0 amide bonds. The van der Waals surface area contributed by atoms with Crippen molar-refractivity contribution >= 4 is 17.2 Å². The van der Waals surface area contributed by atoms with E-state index < -0.39 is 0 Å². The standard InChI is InChI=1S/C17H17N9O/c18-23-15-3-2-14(12-9-21-25(11-12)7-8-27)22-17(15)20-10-13-1-4-16-19-5-6-26(16)24-13/h1-6,9,11,18,27H,7-8,10H2,(H,20,22). The number of nitrogens with one attached hydrogen (secondary N) is 2. The summed E-state index contributed by atoms with van der Waals surface area (Å²) in [6, 6.07) is 7.29. The summed E-state index contributed by atoms with van der Waals surface area (Å²) < 4.78 is 3.35. The molecule has 0 saturated carbocycles. The Hall–Kier alpha value is -3.66. The van der Waals surface area contributed by atoms with E-state index in [1.807, 2.05) is 18.3 Å². The average molecular weight is 363 g/mol. The predicted molar refractivity (Wildman–Crippen MR) is 97.7 cm³/mol. The topological polar surface area (TPSA) is 129 Å². The van der Waals surface area contributed by atoms with Crippen LogP contribution in [0.15, 0.2) is 54.2 Å². The van der Waals surface area contributed by atoms with Crippen molar-refractivity contribution in [2.75, 3.05) is 11.9 Å². The molecule has 0 spiro atoms. The lowest BCUT2D eigenvalue weighted by atomic mass is 10.2. The lowest BCUT2D eigenvalue weighted by molar-refractivity contribution is 0.269. The van der Waals surface area contributed by atoms with Gasteiger partial charge < -0.3 is 10.4 Å². The van der Waals surface area contributed by atoms with Gasteiger partial charge in [0.05, 0.1) is 37.3 Å². The SMILES string of the molecule is N=Nc1ccc(-c2cnn(CCO)c2)nc1NCc1ccc2nccn2n1. The molecule has 0 unspecified atom stereocenters. The Morgan fingerprint density at radius 1 is 1.22 bits per heavy atom. The molecule has 0 aliphatic carbocycles. The van der Waals surface area contributed by atoms with E-state index in [9.17, 15) is 0 Å². The van der Waals surface area contributed by atoms with Crippen LogP contribution in [-0.4, -0.2) is 41.1 Å². The molecular formula is C17H17N9O. The van der Waals surface area contributed by atoms with E-state index in [0.29, 0.717) is 30.3 Å². The van der Waals surface area contributed by atoms with Crippen molar-refractivity contribution in [3.63, 3.8) is 0 Å². The smallest absolute Gasteiger partial charge is 0.154 e. The van der Waals surface area contributed by atoms with E-state index in [1.165, 1.54) is 0 Å². The number of rotatable bonds is 7. The molecule has 0 aliphatic rings. The van der Waals surface area contributed by atoms with Crippen molar-refractivity contribution in [2.45, 2.75) is 13.1 Å². The molecule has 0 aliphatic heterocycles. The van der Waals surface area contributed by atoms with Crippen LogP contribution >= 0.6 is 0 Å². The molecule has 27 heavy (non-hydrogen) atoms. The Balaban J connectivity index is 1.57. The molecule has 0 aromatic carbocycles. The second-order valence-electron chi connectivity index (χ2n) is 5.80. The second-order valence-corrected chi connectivity index (χ2v) is 5.80. The summed E-state index contributed by atoms with van der Waals surface area (Å²) in [6.07, 6.45) is 6.98. The highest BCUT2D eigenvalue weighted by atomic mass is 16.3. The minimum atomic E-state index is 0.0201. The summed E-state index contributed by atoms with van der Waals surface area (Å²) in [5, 5.41) is 24.4. The van der Waals surface area contributed by atoms with Crippen molar-refractivity contribution in [1.29, 1.82) is 5.53 Å². The molecule has 4 aromatic heterocycles. The third kappa shape index (κ3) is 3.51. The number of pyridine rings is 1. The number of aliphatic hydroxyl groups is 1. The predicted octanol–water partition coefficient (Wildman–Crippen LogP) is 2.25. The minimum absolute atomic E-state index is 0.0201. The van der Waals surface area contributed by atoms with Gasteiger partial charge in [-0.25, -0.2) is 20.0 Å². The highest BCUT2D eigenvalue weighted by Crippen LogP contribution is 2.27. The number of aromatic nitrogens is 6. The summed E-state index contributed by atoms with van der Waals surface area (Å²) in [4.78, 5) is 8.74. The summed E-state index contributed by atoms with van der Waals surface area (Å²) in [5.41, 5.74) is 10.9. The Morgan fingerprint density at radius 3 is 3.00 bits per heavy atom. The molecule has 10 heteroatoms. The second kappa shape index (κ2) is 7.30. The van der Waals surface area contributed by atoms with E-state index in [1.54, 1.807) is 39.9 Å². The van der Waals surface area contributed by atoms with E-state index in [4.69, 9.17) is 10.6 Å². The molecule has 4 aromatic rings. The van der Waals surface area contributed by atoms with Crippen molar-refractivity contribution in [3.8, 4) is 11.3 Å². The van der Waals surface area contributed by atoms with Gasteiger partial charge in [0.1, 0.15) is 5.69 Å². The summed E-state index contributed by atoms with van der Waals surface area (Å²) in [6.45, 7) is 0.872. The molecule has 4 rings (SSSR count). The van der Waals surface area contributed by atoms with Crippen molar-refractivity contribution in [1.82, 2.24) is 29.4 Å². The zero-order valence-electron chi connectivity index (χ0n) is 14.3. The Kier molecular flexibility index (Phi) is 4.54. The first kappa shape index (κ1) is 16.8. The van der Waals surface area contributed by atoms with Crippen LogP contribution in [0, 0.1) is 5.53 Å². The molecule has 0 saturated heterocycles. The lowest BCUT2D eigenvalue weighted by Gasteiger charge is -2.09. The highest BCUT2D eigenvalue weighted by molar-refractivity contribution is 5.67. The number of nitrogens with zero attached hydrogens (tertiary/aromatic N) is 7. The fraction of sp³-hybridized carbons (Fsp3) is 0.176. The van der Waals surface area contributed by atoms with Gasteiger partial charge >= 0.3 is 0 Å². The number of aliphatic hydroxyl groups excluding tert-OH is 1. The third-order valence-corrected chi connectivity index (χ3v) is 4.00. The summed E-state index contributed by atoms with van der Waals surface area (Å²) in [7, 11) is 0. The van der Waals surface area contributed by atoms with Gasteiger partial charge in [0.15, 0.2) is 11.5 Å². The molecule has 0 fully saturated rings. The number of imidazole rings is 1. The fourth-order valence-electron chi connectivity index (χ4n) is 2.68. The lowest BCUT2D eigenvalue weighted by Crippen LogP contribution is -2.06. The number of fused-ring (bicyclic) bond motifs is 1. The van der Waals surface area contributed by atoms with Crippen LogP contribution in [0.1, 0.15) is 5.69 Å². The average Bonchev–Trinajstić information content (AvgIpc) is 3.35. The first-order chi connectivity index (χ1) is 13.3. The van der Waals surface area contributed by atoms with Gasteiger partial charge in [-0.3, -0.25) is 4.68 Å². The van der Waals surface area contributed by atoms with E-state index in [2.05, 4.69) is 30.6 Å². The molecule has 136 valence electrons. The van der Waals surface area contributed by atoms with Gasteiger partial charge in [-0.15, -0.1) is 0 Å². The Labute approximate surface area is 154 Å². The largest absolute Gasteiger partial charge is 0.394 e. The molecule has 4 heterocycles. The van der Waals surface area contributed by atoms with E-state index >= 15 is 0 Å². The number of hydrogen-bond donors (Lipinski definition) is 3. The monoisotopic (exact) mass is 363 g/mol. The molecule has 0 radical (unpaired) electrons. The molecule has 0 atom stereocenters. The number of anilines is 1. The summed E-state index contributed by atoms with van der Waals surface area (Å²) >= 11 is 0. The normalized spacial score (nSPS) is 11.0. The Morgan fingerprint density at radius 2 is 2.15 bits per heavy atom. The maximum Gasteiger partial charge on any atom is 0.154 e. The quantitative estimate of drug-likeness (QED) is 0.432. The first-order valence-corrected chi connectivity index (χ1v) is 8.32. The van der Waals surface area contributed by atoms with Gasteiger partial charge in [-0.05, 0) is 24.3 Å². The van der Waals surface area contributed by atoms with Gasteiger partial charge in [0.25, 0.3) is 0 Å². The van der Waals surface area contributed by atoms with Crippen LogP contribution in [-0.2, 0) is 13.1 Å². The van der Waals surface area contributed by atoms with Crippen molar-refractivity contribution < 1.29 is 5.11 Å². The van der Waals surface area contributed by atoms with Crippen LogP contribution in [0.2, 0.25) is 0 Å². The molecule has 0 bridgehead atoms. The van der Waals surface area contributed by atoms with Gasteiger partial charge in [-0.1, -0.05) is 0 Å². The van der Waals surface area contributed by atoms with Gasteiger partial charge in [0, 0.05) is 24.2 Å². The van der Waals surface area contributed by atoms with Crippen LogP contribution in [0.25, 0.3) is 16.9 Å². The zero-order chi connectivity index (χ0) is 18.6. The maximum absolute atomic E-state index is 9.01. The highest BCUT2D eigenvalue weighted by Gasteiger charge is 2.09. The molecular weight excluding hydrogens is 346 g/mol. The minimum Gasteiger partial charge on any atom is -0.394 e. The van der Waals surface area contributed by atoms with Crippen LogP contribution < -0.4 is 5.32 Å². The van der Waals surface area contributed by atoms with Gasteiger partial charge in [0.2, 0.25) is 0 Å². The van der Waals surface area contributed by atoms with Crippen molar-refractivity contribution in [3.05, 3.63) is 54.7 Å². The molecule has 10 nitrogen and oxygen atoms in total. The van der Waals surface area contributed by atoms with Crippen LogP contribution in [0.4, 0.5) is 11.5 Å². The van der Waals surface area contributed by atoms with E-state index in [-0.39, 0.29) is 6.61 Å². The maximum atomic E-state index is 9.01. The first-order valence-electron chi connectivity index (χ1n) is 8.32. The van der Waals surface area contributed by atoms with Crippen LogP contribution in [0.5, 0.6) is 0 Å². The zero-order valence-corrected chi connectivity index (χ0v) is 14.3. The van der Waals surface area contributed by atoms with Crippen LogP contribution in [0.3, 0.4) is 0 Å². The fourth-order valence-corrected chi connectivity index (χ4v) is 2.68. The van der Waals surface area contributed by atoms with Crippen molar-refractivity contribution in [2.24, 2.45) is 5.11 Å². The molecule has 3 N–H and O–H groups in total. The summed E-state index contributed by atoms with van der Waals surface area (Å²) in [5.74, 6) is 0.491. The van der Waals surface area contributed by atoms with Gasteiger partial charge in [-0.2, -0.15) is 15.3 Å². The number of hydrogen-bond acceptors (Lipinski definition) is 8. The third-order valence-electron chi connectivity index (χ3n) is 4.00. The Bertz CT molecular complexity index is 1080.